The lowest BCUT2D eigenvalue weighted by Crippen LogP contribution is -2.33. The number of nitrogen functional groups attached to an aromatic ring is 1. The van der Waals surface area contributed by atoms with Crippen molar-refractivity contribution < 1.29 is 9.90 Å². The van der Waals surface area contributed by atoms with Crippen LogP contribution in [0.4, 0.5) is 5.82 Å². The number of nitrogens with two attached hydrogens (primary N) is 1. The Hall–Kier alpha value is -1.33. The molecule has 0 spiro atoms. The van der Waals surface area contributed by atoms with Crippen LogP contribution in [0.5, 0.6) is 0 Å². The largest absolute Gasteiger partial charge is 0.388 e. The van der Waals surface area contributed by atoms with E-state index in [1.54, 1.807) is 11.8 Å². The molecule has 0 bridgehead atoms. The molecular formula is C11H14ClN3O2. The van der Waals surface area contributed by atoms with Gasteiger partial charge in [0.15, 0.2) is 0 Å². The summed E-state index contributed by atoms with van der Waals surface area (Å²) in [5, 5.41) is 10.0. The van der Waals surface area contributed by atoms with Crippen molar-refractivity contribution in [3.63, 3.8) is 0 Å². The summed E-state index contributed by atoms with van der Waals surface area (Å²) in [5.74, 6) is 0.0329. The minimum atomic E-state index is -0.808. The molecule has 92 valence electrons. The molecule has 6 heteroatoms. The van der Waals surface area contributed by atoms with Crippen LogP contribution in [0, 0.1) is 0 Å². The lowest BCUT2D eigenvalue weighted by molar-refractivity contribution is 0.0572. The van der Waals surface area contributed by atoms with E-state index in [1.165, 1.54) is 12.1 Å². The van der Waals surface area contributed by atoms with Crippen molar-refractivity contribution >= 4 is 23.3 Å². The van der Waals surface area contributed by atoms with Gasteiger partial charge in [-0.15, -0.1) is 0 Å². The number of β-amino-alcohol motifs (C(OH)–C–C–N with tert-alkyl or cyclic N) is 1. The van der Waals surface area contributed by atoms with Gasteiger partial charge in [-0.3, -0.25) is 4.79 Å². The smallest absolute Gasteiger partial charge is 0.254 e. The molecule has 1 unspecified atom stereocenters. The van der Waals surface area contributed by atoms with Crippen LogP contribution in [0.1, 0.15) is 23.7 Å². The number of nitrogens with zero attached hydrogens (tertiary/aromatic N) is 2. The second kappa shape index (κ2) is 4.16. The number of amides is 1. The van der Waals surface area contributed by atoms with Crippen molar-refractivity contribution in [1.29, 1.82) is 0 Å². The van der Waals surface area contributed by atoms with E-state index in [2.05, 4.69) is 4.98 Å². The highest BCUT2D eigenvalue weighted by Crippen LogP contribution is 2.23. The van der Waals surface area contributed by atoms with Gasteiger partial charge in [-0.25, -0.2) is 4.98 Å². The summed E-state index contributed by atoms with van der Waals surface area (Å²) in [6.07, 6.45) is 0.576. The van der Waals surface area contributed by atoms with E-state index in [0.29, 0.717) is 25.1 Å². The summed E-state index contributed by atoms with van der Waals surface area (Å²) in [7, 11) is 0. The van der Waals surface area contributed by atoms with Crippen LogP contribution in [-0.2, 0) is 0 Å². The van der Waals surface area contributed by atoms with E-state index >= 15 is 0 Å². The molecule has 1 aromatic heterocycles. The maximum atomic E-state index is 12.1. The molecule has 0 radical (unpaired) electrons. The van der Waals surface area contributed by atoms with E-state index in [1.807, 2.05) is 0 Å². The first-order valence-corrected chi connectivity index (χ1v) is 5.70. The SMILES string of the molecule is CC1(O)CCN(C(=O)c2cc(N)nc(Cl)c2)C1. The standard InChI is InChI=1S/C11H14ClN3O2/c1-11(17)2-3-15(6-11)10(16)7-4-8(12)14-9(13)5-7/h4-5,17H,2-3,6H2,1H3,(H2,13,14). The normalized spacial score (nSPS) is 24.1. The van der Waals surface area contributed by atoms with Crippen LogP contribution >= 0.6 is 11.6 Å². The Morgan fingerprint density at radius 1 is 1.65 bits per heavy atom. The monoisotopic (exact) mass is 255 g/mol. The van der Waals surface area contributed by atoms with Gasteiger partial charge in [-0.2, -0.15) is 0 Å². The zero-order chi connectivity index (χ0) is 12.6. The maximum absolute atomic E-state index is 12.1. The molecule has 1 aliphatic rings. The number of pyridine rings is 1. The fraction of sp³-hybridized carbons (Fsp3) is 0.455. The first kappa shape index (κ1) is 12.1. The molecule has 1 atom stereocenters. The van der Waals surface area contributed by atoms with Crippen LogP contribution in [0.2, 0.25) is 5.15 Å². The van der Waals surface area contributed by atoms with Gasteiger partial charge in [-0.05, 0) is 25.5 Å². The van der Waals surface area contributed by atoms with Gasteiger partial charge >= 0.3 is 0 Å². The highest BCUT2D eigenvalue weighted by atomic mass is 35.5. The first-order valence-electron chi connectivity index (χ1n) is 5.32. The molecule has 2 heterocycles. The van der Waals surface area contributed by atoms with Crippen molar-refractivity contribution in [1.82, 2.24) is 9.88 Å². The quantitative estimate of drug-likeness (QED) is 0.731. The number of aliphatic hydroxyl groups is 1. The zero-order valence-electron chi connectivity index (χ0n) is 9.48. The molecule has 2 rings (SSSR count). The van der Waals surface area contributed by atoms with Crippen molar-refractivity contribution in [2.24, 2.45) is 0 Å². The fourth-order valence-corrected chi connectivity index (χ4v) is 2.16. The van der Waals surface area contributed by atoms with Gasteiger partial charge in [0.2, 0.25) is 0 Å². The highest BCUT2D eigenvalue weighted by molar-refractivity contribution is 6.29. The first-order chi connectivity index (χ1) is 7.87. The van der Waals surface area contributed by atoms with E-state index in [4.69, 9.17) is 17.3 Å². The van der Waals surface area contributed by atoms with E-state index in [0.717, 1.165) is 0 Å². The number of carbonyl (C=O) groups is 1. The minimum absolute atomic E-state index is 0.182. The topological polar surface area (TPSA) is 79.5 Å². The number of aromatic nitrogens is 1. The highest BCUT2D eigenvalue weighted by Gasteiger charge is 2.34. The van der Waals surface area contributed by atoms with Crippen molar-refractivity contribution in [3.05, 3.63) is 22.8 Å². The van der Waals surface area contributed by atoms with Gasteiger partial charge < -0.3 is 15.7 Å². The van der Waals surface area contributed by atoms with E-state index in [-0.39, 0.29) is 16.9 Å². The third kappa shape index (κ3) is 2.68. The zero-order valence-corrected chi connectivity index (χ0v) is 10.2. The average molecular weight is 256 g/mol. The van der Waals surface area contributed by atoms with Crippen LogP contribution in [0.3, 0.4) is 0 Å². The molecule has 3 N–H and O–H groups in total. The molecule has 0 saturated carbocycles. The predicted octanol–water partition coefficient (Wildman–Crippen LogP) is 0.914. The number of carbonyl (C=O) groups excluding carboxylic acids is 1. The molecule has 1 fully saturated rings. The molecule has 1 saturated heterocycles. The second-order valence-electron chi connectivity index (χ2n) is 4.58. The number of anilines is 1. The van der Waals surface area contributed by atoms with Crippen molar-refractivity contribution in [2.45, 2.75) is 18.9 Å². The Morgan fingerprint density at radius 3 is 2.88 bits per heavy atom. The molecule has 1 aromatic rings. The van der Waals surface area contributed by atoms with Crippen molar-refractivity contribution in [2.75, 3.05) is 18.8 Å². The lowest BCUT2D eigenvalue weighted by atomic mass is 10.1. The number of halogens is 1. The third-order valence-corrected chi connectivity index (χ3v) is 2.99. The Labute approximate surface area is 104 Å². The third-order valence-electron chi connectivity index (χ3n) is 2.80. The number of rotatable bonds is 1. The summed E-state index contributed by atoms with van der Waals surface area (Å²) in [4.78, 5) is 17.5. The van der Waals surface area contributed by atoms with Crippen molar-refractivity contribution in [3.8, 4) is 0 Å². The maximum Gasteiger partial charge on any atom is 0.254 e. The van der Waals surface area contributed by atoms with E-state index < -0.39 is 5.60 Å². The summed E-state index contributed by atoms with van der Waals surface area (Å²) in [5.41, 5.74) is 5.13. The lowest BCUT2D eigenvalue weighted by Gasteiger charge is -2.19. The fourth-order valence-electron chi connectivity index (χ4n) is 1.94. The Balaban J connectivity index is 2.20. The molecule has 17 heavy (non-hydrogen) atoms. The minimum Gasteiger partial charge on any atom is -0.388 e. The van der Waals surface area contributed by atoms with E-state index in [9.17, 15) is 9.90 Å². The molecular weight excluding hydrogens is 242 g/mol. The molecule has 0 aromatic carbocycles. The Bertz CT molecular complexity index is 442. The van der Waals surface area contributed by atoms with Crippen LogP contribution in [-0.4, -0.2) is 39.6 Å². The summed E-state index contributed by atoms with van der Waals surface area (Å²) in [6, 6.07) is 2.97. The summed E-state index contributed by atoms with van der Waals surface area (Å²) < 4.78 is 0. The summed E-state index contributed by atoms with van der Waals surface area (Å²) >= 11 is 5.75. The van der Waals surface area contributed by atoms with Gasteiger partial charge in [0.1, 0.15) is 11.0 Å². The Kier molecular flexibility index (Phi) is 2.97. The predicted molar refractivity (Wildman–Crippen MR) is 64.8 cm³/mol. The number of hydrogen-bond donors (Lipinski definition) is 2. The molecule has 5 nitrogen and oxygen atoms in total. The van der Waals surface area contributed by atoms with Gasteiger partial charge in [-0.1, -0.05) is 11.6 Å². The van der Waals surface area contributed by atoms with Gasteiger partial charge in [0.05, 0.1) is 5.60 Å². The molecule has 0 aliphatic carbocycles. The van der Waals surface area contributed by atoms with Crippen LogP contribution < -0.4 is 5.73 Å². The second-order valence-corrected chi connectivity index (χ2v) is 4.96. The molecule has 1 amide bonds. The number of hydrogen-bond acceptors (Lipinski definition) is 4. The molecule has 1 aliphatic heterocycles. The summed E-state index contributed by atoms with van der Waals surface area (Å²) in [6.45, 7) is 2.57. The van der Waals surface area contributed by atoms with Gasteiger partial charge in [0, 0.05) is 18.7 Å². The Morgan fingerprint density at radius 2 is 2.35 bits per heavy atom. The number of likely N-dealkylation sites (tertiary alicyclic amines) is 1. The van der Waals surface area contributed by atoms with Gasteiger partial charge in [0.25, 0.3) is 5.91 Å². The van der Waals surface area contributed by atoms with Crippen LogP contribution in [0.15, 0.2) is 12.1 Å². The van der Waals surface area contributed by atoms with Crippen LogP contribution in [0.25, 0.3) is 0 Å². The average Bonchev–Trinajstić information content (AvgIpc) is 2.56.